The van der Waals surface area contributed by atoms with Crippen LogP contribution in [0.1, 0.15) is 39.0 Å². The third-order valence-corrected chi connectivity index (χ3v) is 6.35. The van der Waals surface area contributed by atoms with E-state index in [-0.39, 0.29) is 12.1 Å². The molecule has 1 heterocycles. The highest BCUT2D eigenvalue weighted by Gasteiger charge is 2.36. The predicted octanol–water partition coefficient (Wildman–Crippen LogP) is 0.789. The second kappa shape index (κ2) is 5.86. The minimum atomic E-state index is -3.28. The molecule has 0 aromatic carbocycles. The first-order valence-electron chi connectivity index (χ1n) is 6.99. The van der Waals surface area contributed by atoms with Crippen molar-refractivity contribution >= 4 is 10.2 Å². The molecule has 0 bridgehead atoms. The van der Waals surface area contributed by atoms with Gasteiger partial charge in [-0.15, -0.1) is 0 Å². The molecule has 2 aliphatic rings. The molecule has 18 heavy (non-hydrogen) atoms. The van der Waals surface area contributed by atoms with E-state index < -0.39 is 10.2 Å². The summed E-state index contributed by atoms with van der Waals surface area (Å²) in [4.78, 5) is 0. The van der Waals surface area contributed by atoms with E-state index in [2.05, 4.69) is 5.32 Å². The topological polar surface area (TPSA) is 52.7 Å². The van der Waals surface area contributed by atoms with Crippen molar-refractivity contribution in [1.82, 2.24) is 13.9 Å². The Bertz CT molecular complexity index is 366. The quantitative estimate of drug-likeness (QED) is 0.828. The van der Waals surface area contributed by atoms with Crippen molar-refractivity contribution < 1.29 is 8.42 Å². The number of hydrogen-bond donors (Lipinski definition) is 1. The predicted molar refractivity (Wildman–Crippen MR) is 72.6 cm³/mol. The maximum atomic E-state index is 12.6. The monoisotopic (exact) mass is 275 g/mol. The number of nitrogens with zero attached hydrogens (tertiary/aromatic N) is 2. The van der Waals surface area contributed by atoms with Crippen LogP contribution in [0.25, 0.3) is 0 Å². The van der Waals surface area contributed by atoms with Crippen LogP contribution in [-0.2, 0) is 10.2 Å². The average molecular weight is 275 g/mol. The molecule has 1 atom stereocenters. The SMILES string of the molecule is C[C@H]1CNCCN1S(=O)(=O)N(C)C1CCCCC1. The van der Waals surface area contributed by atoms with Crippen LogP contribution in [0.15, 0.2) is 0 Å². The second-order valence-electron chi connectivity index (χ2n) is 5.48. The summed E-state index contributed by atoms with van der Waals surface area (Å²) in [6.45, 7) is 4.05. The lowest BCUT2D eigenvalue weighted by Crippen LogP contribution is -2.57. The van der Waals surface area contributed by atoms with Crippen molar-refractivity contribution in [2.75, 3.05) is 26.7 Å². The average Bonchev–Trinajstić information content (AvgIpc) is 2.39. The van der Waals surface area contributed by atoms with E-state index >= 15 is 0 Å². The van der Waals surface area contributed by atoms with E-state index in [0.29, 0.717) is 6.54 Å². The van der Waals surface area contributed by atoms with E-state index in [0.717, 1.165) is 38.8 Å². The first-order chi connectivity index (χ1) is 8.53. The van der Waals surface area contributed by atoms with Crippen LogP contribution in [-0.4, -0.2) is 55.8 Å². The molecule has 1 aliphatic carbocycles. The van der Waals surface area contributed by atoms with Gasteiger partial charge in [-0.3, -0.25) is 0 Å². The van der Waals surface area contributed by atoms with E-state index in [1.54, 1.807) is 15.7 Å². The summed E-state index contributed by atoms with van der Waals surface area (Å²) in [6, 6.07) is 0.251. The van der Waals surface area contributed by atoms with Crippen LogP contribution < -0.4 is 5.32 Å². The fourth-order valence-corrected chi connectivity index (χ4v) is 4.73. The van der Waals surface area contributed by atoms with E-state index in [1.807, 2.05) is 6.92 Å². The molecule has 0 aromatic heterocycles. The molecule has 0 radical (unpaired) electrons. The molecular formula is C12H25N3O2S. The molecular weight excluding hydrogens is 250 g/mol. The fraction of sp³-hybridized carbons (Fsp3) is 1.00. The van der Waals surface area contributed by atoms with Crippen LogP contribution >= 0.6 is 0 Å². The molecule has 0 amide bonds. The first-order valence-corrected chi connectivity index (χ1v) is 8.38. The van der Waals surface area contributed by atoms with E-state index in [1.165, 1.54) is 6.42 Å². The van der Waals surface area contributed by atoms with Crippen LogP contribution in [0.2, 0.25) is 0 Å². The molecule has 5 nitrogen and oxygen atoms in total. The zero-order valence-electron chi connectivity index (χ0n) is 11.4. The van der Waals surface area contributed by atoms with Crippen molar-refractivity contribution in [2.45, 2.75) is 51.1 Å². The number of hydrogen-bond acceptors (Lipinski definition) is 3. The highest BCUT2D eigenvalue weighted by Crippen LogP contribution is 2.25. The summed E-state index contributed by atoms with van der Waals surface area (Å²) >= 11 is 0. The third-order valence-electron chi connectivity index (χ3n) is 4.19. The Labute approximate surface area is 111 Å². The molecule has 0 aromatic rings. The van der Waals surface area contributed by atoms with Crippen molar-refractivity contribution in [3.8, 4) is 0 Å². The van der Waals surface area contributed by atoms with Crippen LogP contribution in [0.3, 0.4) is 0 Å². The van der Waals surface area contributed by atoms with Gasteiger partial charge in [-0.05, 0) is 19.8 Å². The standard InChI is InChI=1S/C12H25N3O2S/c1-11-10-13-8-9-15(11)18(16,17)14(2)12-6-4-3-5-7-12/h11-13H,3-10H2,1-2H3/t11-/m0/s1. The van der Waals surface area contributed by atoms with E-state index in [4.69, 9.17) is 0 Å². The molecule has 1 saturated carbocycles. The zero-order chi connectivity index (χ0) is 13.2. The molecule has 0 unspecified atom stereocenters. The smallest absolute Gasteiger partial charge is 0.282 e. The lowest BCUT2D eigenvalue weighted by molar-refractivity contribution is 0.230. The van der Waals surface area contributed by atoms with Gasteiger partial charge in [0, 0.05) is 38.8 Å². The van der Waals surface area contributed by atoms with Gasteiger partial charge >= 0.3 is 0 Å². The van der Waals surface area contributed by atoms with Crippen LogP contribution in [0.4, 0.5) is 0 Å². The molecule has 1 saturated heterocycles. The van der Waals surface area contributed by atoms with Gasteiger partial charge in [0.25, 0.3) is 10.2 Å². The van der Waals surface area contributed by atoms with Gasteiger partial charge in [0.2, 0.25) is 0 Å². The summed E-state index contributed by atoms with van der Waals surface area (Å²) < 4.78 is 28.5. The normalized spacial score (nSPS) is 28.7. The summed E-state index contributed by atoms with van der Waals surface area (Å²) in [5.74, 6) is 0. The number of piperazine rings is 1. The maximum Gasteiger partial charge on any atom is 0.282 e. The van der Waals surface area contributed by atoms with Crippen molar-refractivity contribution in [3.63, 3.8) is 0 Å². The lowest BCUT2D eigenvalue weighted by atomic mass is 9.96. The Hall–Kier alpha value is -0.170. The number of rotatable bonds is 3. The van der Waals surface area contributed by atoms with Crippen molar-refractivity contribution in [3.05, 3.63) is 0 Å². The van der Waals surface area contributed by atoms with Gasteiger partial charge in [0.05, 0.1) is 0 Å². The molecule has 1 N–H and O–H groups in total. The van der Waals surface area contributed by atoms with Crippen molar-refractivity contribution in [1.29, 1.82) is 0 Å². The van der Waals surface area contributed by atoms with Gasteiger partial charge in [0.1, 0.15) is 0 Å². The Morgan fingerprint density at radius 2 is 1.89 bits per heavy atom. The fourth-order valence-electron chi connectivity index (χ4n) is 2.96. The Balaban J connectivity index is 2.08. The molecule has 6 heteroatoms. The van der Waals surface area contributed by atoms with Gasteiger partial charge in [-0.25, -0.2) is 0 Å². The lowest BCUT2D eigenvalue weighted by Gasteiger charge is -2.39. The summed E-state index contributed by atoms with van der Waals surface area (Å²) in [5.41, 5.74) is 0. The highest BCUT2D eigenvalue weighted by molar-refractivity contribution is 7.86. The Morgan fingerprint density at radius 3 is 2.50 bits per heavy atom. The third kappa shape index (κ3) is 2.87. The molecule has 1 aliphatic heterocycles. The Kier molecular flexibility index (Phi) is 4.64. The van der Waals surface area contributed by atoms with E-state index in [9.17, 15) is 8.42 Å². The zero-order valence-corrected chi connectivity index (χ0v) is 12.2. The van der Waals surface area contributed by atoms with Gasteiger partial charge in [0.15, 0.2) is 0 Å². The van der Waals surface area contributed by atoms with Crippen LogP contribution in [0, 0.1) is 0 Å². The number of nitrogens with one attached hydrogen (secondary N) is 1. The first kappa shape index (κ1) is 14.2. The Morgan fingerprint density at radius 1 is 1.22 bits per heavy atom. The minimum absolute atomic E-state index is 0.0507. The summed E-state index contributed by atoms with van der Waals surface area (Å²) in [7, 11) is -1.53. The minimum Gasteiger partial charge on any atom is -0.314 e. The molecule has 2 fully saturated rings. The van der Waals surface area contributed by atoms with Gasteiger partial charge in [-0.2, -0.15) is 17.0 Å². The summed E-state index contributed by atoms with van der Waals surface area (Å²) in [6.07, 6.45) is 5.57. The summed E-state index contributed by atoms with van der Waals surface area (Å²) in [5, 5.41) is 3.23. The van der Waals surface area contributed by atoms with Crippen LogP contribution in [0.5, 0.6) is 0 Å². The molecule has 106 valence electrons. The second-order valence-corrected chi connectivity index (χ2v) is 7.42. The maximum absolute atomic E-state index is 12.6. The molecule has 0 spiro atoms. The largest absolute Gasteiger partial charge is 0.314 e. The molecule has 2 rings (SSSR count). The van der Waals surface area contributed by atoms with Gasteiger partial charge < -0.3 is 5.32 Å². The highest BCUT2D eigenvalue weighted by atomic mass is 32.2. The van der Waals surface area contributed by atoms with Crippen molar-refractivity contribution in [2.24, 2.45) is 0 Å². The van der Waals surface area contributed by atoms with Gasteiger partial charge in [-0.1, -0.05) is 19.3 Å².